The summed E-state index contributed by atoms with van der Waals surface area (Å²) in [5.41, 5.74) is 6.42. The summed E-state index contributed by atoms with van der Waals surface area (Å²) in [5, 5.41) is 8.55. The van der Waals surface area contributed by atoms with Crippen LogP contribution >= 0.6 is 0 Å². The van der Waals surface area contributed by atoms with Gasteiger partial charge in [0.15, 0.2) is 0 Å². The summed E-state index contributed by atoms with van der Waals surface area (Å²) in [6, 6.07) is 7.96. The average molecular weight is 292 g/mol. The molecular formula is C18H20N4. The van der Waals surface area contributed by atoms with Crippen molar-refractivity contribution in [2.45, 2.75) is 33.1 Å². The number of rotatable bonds is 4. The van der Waals surface area contributed by atoms with Crippen molar-refractivity contribution in [1.82, 2.24) is 20.0 Å². The Morgan fingerprint density at radius 2 is 2.09 bits per heavy atom. The molecule has 2 aromatic heterocycles. The van der Waals surface area contributed by atoms with Crippen LogP contribution in [-0.4, -0.2) is 20.0 Å². The maximum absolute atomic E-state index is 4.65. The molecule has 0 spiro atoms. The second-order valence-corrected chi connectivity index (χ2v) is 5.50. The van der Waals surface area contributed by atoms with E-state index in [1.807, 2.05) is 41.2 Å². The van der Waals surface area contributed by atoms with Gasteiger partial charge in [-0.1, -0.05) is 37.3 Å². The molecule has 3 aromatic rings. The number of hydrogen-bond acceptors (Lipinski definition) is 3. The molecule has 22 heavy (non-hydrogen) atoms. The highest BCUT2D eigenvalue weighted by Crippen LogP contribution is 2.29. The van der Waals surface area contributed by atoms with Crippen LogP contribution in [0.4, 0.5) is 0 Å². The molecule has 0 aliphatic carbocycles. The van der Waals surface area contributed by atoms with Gasteiger partial charge in [-0.2, -0.15) is 0 Å². The molecule has 0 bridgehead atoms. The van der Waals surface area contributed by atoms with Crippen molar-refractivity contribution in [3.8, 4) is 5.69 Å². The van der Waals surface area contributed by atoms with E-state index in [1.54, 1.807) is 0 Å². The maximum Gasteiger partial charge on any atom is 0.113 e. The van der Waals surface area contributed by atoms with Gasteiger partial charge in [0, 0.05) is 11.6 Å². The first-order valence-electron chi connectivity index (χ1n) is 7.59. The largest absolute Gasteiger partial charge is 0.259 e. The number of fused-ring (bicyclic) bond motifs is 1. The molecule has 0 aliphatic rings. The molecule has 0 aliphatic heterocycles. The van der Waals surface area contributed by atoms with Crippen molar-refractivity contribution in [3.63, 3.8) is 0 Å². The minimum absolute atomic E-state index is 0.261. The highest BCUT2D eigenvalue weighted by molar-refractivity contribution is 5.76. The lowest BCUT2D eigenvalue weighted by Gasteiger charge is -2.18. The standard InChI is InChI=1S/C18H20N4/c1-5-12(3)18-13(4)17(11-19-14(18)6-2)22-16-10-8-7-9-15(16)20-21-22/h5,7-12H,1,6H2,2-4H3. The van der Waals surface area contributed by atoms with Gasteiger partial charge in [0.25, 0.3) is 0 Å². The number of allylic oxidation sites excluding steroid dienone is 1. The zero-order valence-electron chi connectivity index (χ0n) is 13.2. The first kappa shape index (κ1) is 14.4. The van der Waals surface area contributed by atoms with Gasteiger partial charge in [-0.15, -0.1) is 11.7 Å². The zero-order chi connectivity index (χ0) is 15.7. The first-order chi connectivity index (χ1) is 10.7. The number of para-hydroxylation sites is 1. The highest BCUT2D eigenvalue weighted by atomic mass is 15.4. The van der Waals surface area contributed by atoms with Crippen LogP contribution in [0.1, 0.15) is 36.6 Å². The van der Waals surface area contributed by atoms with Crippen molar-refractivity contribution >= 4 is 11.0 Å². The maximum atomic E-state index is 4.65. The lowest BCUT2D eigenvalue weighted by atomic mass is 9.93. The molecule has 112 valence electrons. The average Bonchev–Trinajstić information content (AvgIpc) is 2.97. The number of aryl methyl sites for hydroxylation is 1. The van der Waals surface area contributed by atoms with Gasteiger partial charge >= 0.3 is 0 Å². The third-order valence-electron chi connectivity index (χ3n) is 4.17. The number of hydrogen-bond donors (Lipinski definition) is 0. The summed E-state index contributed by atoms with van der Waals surface area (Å²) < 4.78 is 1.87. The van der Waals surface area contributed by atoms with Crippen molar-refractivity contribution < 1.29 is 0 Å². The zero-order valence-corrected chi connectivity index (χ0v) is 13.2. The quantitative estimate of drug-likeness (QED) is 0.683. The Kier molecular flexibility index (Phi) is 3.75. The molecule has 1 atom stereocenters. The van der Waals surface area contributed by atoms with Crippen LogP contribution in [0, 0.1) is 6.92 Å². The van der Waals surface area contributed by atoms with E-state index < -0.39 is 0 Å². The molecule has 4 heteroatoms. The Hall–Kier alpha value is -2.49. The molecule has 0 saturated carbocycles. The monoisotopic (exact) mass is 292 g/mol. The predicted octanol–water partition coefficient (Wildman–Crippen LogP) is 3.98. The van der Waals surface area contributed by atoms with E-state index in [0.717, 1.165) is 28.8 Å². The third-order valence-corrected chi connectivity index (χ3v) is 4.17. The molecule has 1 aromatic carbocycles. The second-order valence-electron chi connectivity index (χ2n) is 5.50. The van der Waals surface area contributed by atoms with Crippen molar-refractivity contribution in [3.05, 3.63) is 59.9 Å². The Morgan fingerprint density at radius 1 is 1.32 bits per heavy atom. The highest BCUT2D eigenvalue weighted by Gasteiger charge is 2.17. The fraction of sp³-hybridized carbons (Fsp3) is 0.278. The van der Waals surface area contributed by atoms with Crippen LogP contribution in [0.2, 0.25) is 0 Å². The SMILES string of the molecule is C=CC(C)c1c(CC)ncc(-n2nnc3ccccc32)c1C. The topological polar surface area (TPSA) is 43.6 Å². The van der Waals surface area contributed by atoms with E-state index in [0.29, 0.717) is 0 Å². The van der Waals surface area contributed by atoms with Crippen molar-refractivity contribution in [2.75, 3.05) is 0 Å². The van der Waals surface area contributed by atoms with E-state index in [9.17, 15) is 0 Å². The van der Waals surface area contributed by atoms with Crippen LogP contribution in [0.5, 0.6) is 0 Å². The van der Waals surface area contributed by atoms with Crippen LogP contribution in [0.25, 0.3) is 16.7 Å². The summed E-state index contributed by atoms with van der Waals surface area (Å²) in [7, 11) is 0. The Bertz CT molecular complexity index is 832. The molecule has 0 N–H and O–H groups in total. The van der Waals surface area contributed by atoms with Crippen LogP contribution < -0.4 is 0 Å². The summed E-state index contributed by atoms with van der Waals surface area (Å²) >= 11 is 0. The van der Waals surface area contributed by atoms with E-state index in [-0.39, 0.29) is 5.92 Å². The van der Waals surface area contributed by atoms with Gasteiger partial charge in [-0.05, 0) is 36.6 Å². The van der Waals surface area contributed by atoms with Crippen molar-refractivity contribution in [2.24, 2.45) is 0 Å². The van der Waals surface area contributed by atoms with Gasteiger partial charge in [-0.3, -0.25) is 4.98 Å². The first-order valence-corrected chi connectivity index (χ1v) is 7.59. The van der Waals surface area contributed by atoms with Gasteiger partial charge in [0.05, 0.1) is 17.4 Å². The van der Waals surface area contributed by atoms with E-state index in [1.165, 1.54) is 11.1 Å². The van der Waals surface area contributed by atoms with Gasteiger partial charge in [0.1, 0.15) is 5.52 Å². The van der Waals surface area contributed by atoms with Crippen LogP contribution in [0.15, 0.2) is 43.1 Å². The third kappa shape index (κ3) is 2.21. The smallest absolute Gasteiger partial charge is 0.113 e. The normalized spacial score (nSPS) is 12.5. The lowest BCUT2D eigenvalue weighted by Crippen LogP contribution is -2.08. The van der Waals surface area contributed by atoms with Crippen molar-refractivity contribution in [1.29, 1.82) is 0 Å². The fourth-order valence-electron chi connectivity index (χ4n) is 2.92. The number of aromatic nitrogens is 4. The van der Waals surface area contributed by atoms with E-state index >= 15 is 0 Å². The van der Waals surface area contributed by atoms with Crippen LogP contribution in [-0.2, 0) is 6.42 Å². The second kappa shape index (κ2) is 5.72. The molecular weight excluding hydrogens is 272 g/mol. The molecule has 0 amide bonds. The number of pyridine rings is 1. The molecule has 0 radical (unpaired) electrons. The summed E-state index contributed by atoms with van der Waals surface area (Å²) in [4.78, 5) is 4.65. The van der Waals surface area contributed by atoms with E-state index in [2.05, 4.69) is 42.6 Å². The minimum Gasteiger partial charge on any atom is -0.259 e. The van der Waals surface area contributed by atoms with E-state index in [4.69, 9.17) is 0 Å². The number of benzene rings is 1. The van der Waals surface area contributed by atoms with Crippen LogP contribution in [0.3, 0.4) is 0 Å². The lowest BCUT2D eigenvalue weighted by molar-refractivity contribution is 0.796. The Morgan fingerprint density at radius 3 is 2.82 bits per heavy atom. The summed E-state index contributed by atoms with van der Waals surface area (Å²) in [6.07, 6.45) is 4.77. The minimum atomic E-state index is 0.261. The molecule has 1 unspecified atom stereocenters. The van der Waals surface area contributed by atoms with Gasteiger partial charge in [-0.25, -0.2) is 4.68 Å². The predicted molar refractivity (Wildman–Crippen MR) is 89.4 cm³/mol. The van der Waals surface area contributed by atoms with Gasteiger partial charge in [0.2, 0.25) is 0 Å². The Balaban J connectivity index is 2.26. The molecule has 4 nitrogen and oxygen atoms in total. The fourth-order valence-corrected chi connectivity index (χ4v) is 2.92. The van der Waals surface area contributed by atoms with Gasteiger partial charge < -0.3 is 0 Å². The Labute approximate surface area is 130 Å². The molecule has 0 fully saturated rings. The summed E-state index contributed by atoms with van der Waals surface area (Å²) in [5.74, 6) is 0.261. The molecule has 0 saturated heterocycles. The summed E-state index contributed by atoms with van der Waals surface area (Å²) in [6.45, 7) is 10.3. The number of nitrogens with zero attached hydrogens (tertiary/aromatic N) is 4. The molecule has 2 heterocycles. The molecule has 3 rings (SSSR count).